The van der Waals surface area contributed by atoms with Crippen LogP contribution in [0.25, 0.3) is 0 Å². The third-order valence-corrected chi connectivity index (χ3v) is 2.41. The molecule has 0 saturated carbocycles. The molecule has 0 fully saturated rings. The van der Waals surface area contributed by atoms with Crippen molar-refractivity contribution < 1.29 is 4.79 Å². The number of nitrogens with one attached hydrogen (secondary N) is 1. The van der Waals surface area contributed by atoms with Gasteiger partial charge in [-0.15, -0.1) is 11.3 Å². The second-order valence-electron chi connectivity index (χ2n) is 3.56. The minimum atomic E-state index is -0.445. The van der Waals surface area contributed by atoms with Crippen molar-refractivity contribution in [2.24, 2.45) is 11.7 Å². The van der Waals surface area contributed by atoms with E-state index in [0.717, 1.165) is 0 Å². The topological polar surface area (TPSA) is 68.0 Å². The van der Waals surface area contributed by atoms with E-state index in [0.29, 0.717) is 17.5 Å². The second kappa shape index (κ2) is 5.07. The zero-order chi connectivity index (χ0) is 10.6. The van der Waals surface area contributed by atoms with Crippen LogP contribution < -0.4 is 11.1 Å². The quantitative estimate of drug-likeness (QED) is 0.795. The molecule has 0 spiro atoms. The van der Waals surface area contributed by atoms with E-state index >= 15 is 0 Å². The van der Waals surface area contributed by atoms with Crippen molar-refractivity contribution in [2.75, 3.05) is 5.32 Å². The molecule has 1 amide bonds. The summed E-state index contributed by atoms with van der Waals surface area (Å²) < 4.78 is 0. The third kappa shape index (κ3) is 3.43. The predicted molar refractivity (Wildman–Crippen MR) is 58.2 cm³/mol. The summed E-state index contributed by atoms with van der Waals surface area (Å²) in [5.74, 6) is 0.265. The number of aromatic nitrogens is 1. The Bertz CT molecular complexity index is 284. The minimum Gasteiger partial charge on any atom is -0.320 e. The standard InChI is InChI=1S/C9H15N3OS/c1-6(2)5-7(10)8(13)12-9-11-3-4-14-9/h3-4,6-7H,5,10H2,1-2H3,(H,11,12,13). The molecular weight excluding hydrogens is 198 g/mol. The molecule has 1 unspecified atom stereocenters. The van der Waals surface area contributed by atoms with Gasteiger partial charge in [0.2, 0.25) is 5.91 Å². The molecule has 0 saturated heterocycles. The van der Waals surface area contributed by atoms with Gasteiger partial charge in [0.15, 0.2) is 5.13 Å². The summed E-state index contributed by atoms with van der Waals surface area (Å²) in [6.45, 7) is 4.08. The fraction of sp³-hybridized carbons (Fsp3) is 0.556. The zero-order valence-corrected chi connectivity index (χ0v) is 9.17. The molecule has 0 aliphatic rings. The molecule has 1 rings (SSSR count). The molecule has 1 heterocycles. The van der Waals surface area contributed by atoms with Crippen LogP contribution in [0.15, 0.2) is 11.6 Å². The molecule has 4 nitrogen and oxygen atoms in total. The van der Waals surface area contributed by atoms with Crippen LogP contribution in [0.3, 0.4) is 0 Å². The maximum absolute atomic E-state index is 11.5. The summed E-state index contributed by atoms with van der Waals surface area (Å²) in [5, 5.41) is 5.09. The largest absolute Gasteiger partial charge is 0.320 e. The SMILES string of the molecule is CC(C)CC(N)C(=O)Nc1nccs1. The third-order valence-electron chi connectivity index (χ3n) is 1.72. The van der Waals surface area contributed by atoms with Crippen molar-refractivity contribution in [3.8, 4) is 0 Å². The molecule has 0 aliphatic heterocycles. The molecule has 1 aromatic heterocycles. The first-order chi connectivity index (χ1) is 6.59. The van der Waals surface area contributed by atoms with Gasteiger partial charge in [0.1, 0.15) is 0 Å². The molecule has 5 heteroatoms. The first-order valence-corrected chi connectivity index (χ1v) is 5.43. The lowest BCUT2D eigenvalue weighted by Gasteiger charge is -2.12. The van der Waals surface area contributed by atoms with Gasteiger partial charge in [0, 0.05) is 11.6 Å². The Hall–Kier alpha value is -0.940. The summed E-state index contributed by atoms with van der Waals surface area (Å²) in [6, 6.07) is -0.445. The van der Waals surface area contributed by atoms with E-state index in [1.54, 1.807) is 6.20 Å². The van der Waals surface area contributed by atoms with E-state index in [1.165, 1.54) is 11.3 Å². The van der Waals surface area contributed by atoms with Crippen LogP contribution in [0.1, 0.15) is 20.3 Å². The highest BCUT2D eigenvalue weighted by molar-refractivity contribution is 7.13. The Balaban J connectivity index is 2.42. The molecule has 78 valence electrons. The second-order valence-corrected chi connectivity index (χ2v) is 4.46. The van der Waals surface area contributed by atoms with E-state index in [4.69, 9.17) is 5.73 Å². The number of nitrogens with zero attached hydrogens (tertiary/aromatic N) is 1. The van der Waals surface area contributed by atoms with Crippen molar-refractivity contribution >= 4 is 22.4 Å². The Morgan fingerprint density at radius 1 is 1.71 bits per heavy atom. The number of nitrogens with two attached hydrogens (primary N) is 1. The van der Waals surface area contributed by atoms with E-state index in [-0.39, 0.29) is 5.91 Å². The summed E-state index contributed by atoms with van der Waals surface area (Å²) >= 11 is 1.39. The minimum absolute atomic E-state index is 0.159. The lowest BCUT2D eigenvalue weighted by atomic mass is 10.0. The van der Waals surface area contributed by atoms with Crippen LogP contribution in [-0.4, -0.2) is 16.9 Å². The fourth-order valence-corrected chi connectivity index (χ4v) is 1.63. The fourth-order valence-electron chi connectivity index (χ4n) is 1.10. The summed E-state index contributed by atoms with van der Waals surface area (Å²) in [4.78, 5) is 15.4. The molecule has 0 aromatic carbocycles. The van der Waals surface area contributed by atoms with Crippen molar-refractivity contribution in [3.05, 3.63) is 11.6 Å². The lowest BCUT2D eigenvalue weighted by Crippen LogP contribution is -2.36. The smallest absolute Gasteiger partial charge is 0.243 e. The monoisotopic (exact) mass is 213 g/mol. The molecule has 0 aliphatic carbocycles. The lowest BCUT2D eigenvalue weighted by molar-refractivity contribution is -0.117. The first-order valence-electron chi connectivity index (χ1n) is 4.55. The van der Waals surface area contributed by atoms with Gasteiger partial charge in [0.05, 0.1) is 6.04 Å². The molecule has 1 aromatic rings. The van der Waals surface area contributed by atoms with Crippen LogP contribution in [0.4, 0.5) is 5.13 Å². The number of hydrogen-bond acceptors (Lipinski definition) is 4. The van der Waals surface area contributed by atoms with E-state index in [2.05, 4.69) is 10.3 Å². The number of hydrogen-bond donors (Lipinski definition) is 2. The van der Waals surface area contributed by atoms with Crippen LogP contribution in [0.2, 0.25) is 0 Å². The molecule has 0 bridgehead atoms. The number of rotatable bonds is 4. The van der Waals surface area contributed by atoms with Crippen molar-refractivity contribution in [1.82, 2.24) is 4.98 Å². The van der Waals surface area contributed by atoms with E-state index in [9.17, 15) is 4.79 Å². The molecule has 3 N–H and O–H groups in total. The number of amides is 1. The Morgan fingerprint density at radius 3 is 2.93 bits per heavy atom. The maximum Gasteiger partial charge on any atom is 0.243 e. The van der Waals surface area contributed by atoms with Crippen LogP contribution >= 0.6 is 11.3 Å². The molecule has 0 radical (unpaired) electrons. The van der Waals surface area contributed by atoms with Gasteiger partial charge in [-0.2, -0.15) is 0 Å². The average molecular weight is 213 g/mol. The highest BCUT2D eigenvalue weighted by atomic mass is 32.1. The van der Waals surface area contributed by atoms with E-state index in [1.807, 2.05) is 19.2 Å². The van der Waals surface area contributed by atoms with Crippen molar-refractivity contribution in [2.45, 2.75) is 26.3 Å². The highest BCUT2D eigenvalue weighted by Gasteiger charge is 2.15. The van der Waals surface area contributed by atoms with Gasteiger partial charge in [-0.05, 0) is 12.3 Å². The van der Waals surface area contributed by atoms with Gasteiger partial charge < -0.3 is 11.1 Å². The number of carbonyl (C=O) groups is 1. The number of anilines is 1. The van der Waals surface area contributed by atoms with Crippen molar-refractivity contribution in [1.29, 1.82) is 0 Å². The van der Waals surface area contributed by atoms with Gasteiger partial charge in [-0.25, -0.2) is 4.98 Å². The number of carbonyl (C=O) groups excluding carboxylic acids is 1. The Labute approximate surface area is 87.5 Å². The molecule has 14 heavy (non-hydrogen) atoms. The first kappa shape index (κ1) is 11.1. The molecular formula is C9H15N3OS. The van der Waals surface area contributed by atoms with Crippen LogP contribution in [0.5, 0.6) is 0 Å². The summed E-state index contributed by atoms with van der Waals surface area (Å²) in [5.41, 5.74) is 5.70. The van der Waals surface area contributed by atoms with Gasteiger partial charge in [0.25, 0.3) is 0 Å². The average Bonchev–Trinajstić information content (AvgIpc) is 2.55. The van der Waals surface area contributed by atoms with Crippen molar-refractivity contribution in [3.63, 3.8) is 0 Å². The van der Waals surface area contributed by atoms with Crippen LogP contribution in [0, 0.1) is 5.92 Å². The normalized spacial score (nSPS) is 12.9. The van der Waals surface area contributed by atoms with Gasteiger partial charge in [-0.3, -0.25) is 4.79 Å². The Kier molecular flexibility index (Phi) is 4.03. The Morgan fingerprint density at radius 2 is 2.43 bits per heavy atom. The van der Waals surface area contributed by atoms with Gasteiger partial charge in [-0.1, -0.05) is 13.8 Å². The van der Waals surface area contributed by atoms with Crippen LogP contribution in [-0.2, 0) is 4.79 Å². The molecule has 1 atom stereocenters. The zero-order valence-electron chi connectivity index (χ0n) is 8.36. The highest BCUT2D eigenvalue weighted by Crippen LogP contribution is 2.11. The number of thiazole rings is 1. The predicted octanol–water partition coefficient (Wildman–Crippen LogP) is 1.45. The van der Waals surface area contributed by atoms with Gasteiger partial charge >= 0.3 is 0 Å². The maximum atomic E-state index is 11.5. The summed E-state index contributed by atoms with van der Waals surface area (Å²) in [7, 11) is 0. The summed E-state index contributed by atoms with van der Waals surface area (Å²) in [6.07, 6.45) is 2.34. The van der Waals surface area contributed by atoms with E-state index < -0.39 is 6.04 Å².